The number of nitrogens with zero attached hydrogens (tertiary/aromatic N) is 3. The molecule has 0 N–H and O–H groups in total. The van der Waals surface area contributed by atoms with Gasteiger partial charge in [-0.3, -0.25) is 0 Å². The summed E-state index contributed by atoms with van der Waals surface area (Å²) in [6.07, 6.45) is 0.687. The highest BCUT2D eigenvalue weighted by atomic mass is 35.5. The molecule has 2 aromatic heterocycles. The van der Waals surface area contributed by atoms with Gasteiger partial charge in [0.15, 0.2) is 0 Å². The molecule has 0 saturated carbocycles. The van der Waals surface area contributed by atoms with Crippen molar-refractivity contribution in [2.45, 2.75) is 26.8 Å². The maximum absolute atomic E-state index is 6.04. The van der Waals surface area contributed by atoms with Crippen molar-refractivity contribution >= 4 is 34.2 Å². The molecule has 0 bridgehead atoms. The second-order valence-corrected chi connectivity index (χ2v) is 5.75. The number of aryl methyl sites for hydroxylation is 3. The molecule has 0 amide bonds. The Balaban J connectivity index is 2.08. The molecule has 3 rings (SSSR count). The summed E-state index contributed by atoms with van der Waals surface area (Å²) < 4.78 is 7.76. The van der Waals surface area contributed by atoms with E-state index in [4.69, 9.17) is 27.6 Å². The van der Waals surface area contributed by atoms with Crippen LogP contribution in [0.3, 0.4) is 0 Å². The molecule has 0 aliphatic carbocycles. The predicted molar refractivity (Wildman–Crippen MR) is 84.2 cm³/mol. The van der Waals surface area contributed by atoms with Gasteiger partial charge in [0.25, 0.3) is 0 Å². The van der Waals surface area contributed by atoms with Crippen LogP contribution in [0, 0.1) is 13.8 Å². The lowest BCUT2D eigenvalue weighted by atomic mass is 10.3. The molecule has 0 unspecified atom stereocenters. The minimum atomic E-state index is 0.515. The van der Waals surface area contributed by atoms with E-state index in [1.54, 1.807) is 0 Å². The van der Waals surface area contributed by atoms with Crippen LogP contribution in [0.5, 0.6) is 0 Å². The van der Waals surface area contributed by atoms with Crippen LogP contribution < -0.4 is 0 Å². The van der Waals surface area contributed by atoms with Crippen molar-refractivity contribution in [3.8, 4) is 0 Å². The van der Waals surface area contributed by atoms with Gasteiger partial charge >= 0.3 is 0 Å². The van der Waals surface area contributed by atoms with Crippen molar-refractivity contribution < 1.29 is 4.42 Å². The minimum absolute atomic E-state index is 0.515. The van der Waals surface area contributed by atoms with Crippen LogP contribution in [-0.2, 0) is 13.0 Å². The summed E-state index contributed by atoms with van der Waals surface area (Å²) in [4.78, 5) is 9.05. The number of rotatable bonds is 4. The zero-order chi connectivity index (χ0) is 15.0. The van der Waals surface area contributed by atoms with Crippen molar-refractivity contribution in [1.29, 1.82) is 0 Å². The number of aromatic nitrogens is 3. The Bertz CT molecular complexity index is 772. The van der Waals surface area contributed by atoms with E-state index in [-0.39, 0.29) is 0 Å². The van der Waals surface area contributed by atoms with E-state index in [2.05, 4.69) is 14.5 Å². The van der Waals surface area contributed by atoms with E-state index in [0.717, 1.165) is 28.3 Å². The third-order valence-electron chi connectivity index (χ3n) is 3.47. The largest absolute Gasteiger partial charge is 0.444 e. The first-order valence-electron chi connectivity index (χ1n) is 6.72. The van der Waals surface area contributed by atoms with Crippen LogP contribution in [0.25, 0.3) is 11.0 Å². The topological polar surface area (TPSA) is 43.9 Å². The number of oxazole rings is 1. The van der Waals surface area contributed by atoms with Crippen molar-refractivity contribution in [2.75, 3.05) is 5.88 Å². The highest BCUT2D eigenvalue weighted by Gasteiger charge is 2.14. The van der Waals surface area contributed by atoms with E-state index in [0.29, 0.717) is 29.8 Å². The molecule has 0 radical (unpaired) electrons. The fourth-order valence-electron chi connectivity index (χ4n) is 2.35. The van der Waals surface area contributed by atoms with Crippen LogP contribution in [0.1, 0.15) is 23.2 Å². The molecule has 0 aliphatic heterocycles. The van der Waals surface area contributed by atoms with Gasteiger partial charge in [0, 0.05) is 17.3 Å². The van der Waals surface area contributed by atoms with Gasteiger partial charge in [-0.2, -0.15) is 0 Å². The normalized spacial score (nSPS) is 11.4. The summed E-state index contributed by atoms with van der Waals surface area (Å²) in [7, 11) is 0. The summed E-state index contributed by atoms with van der Waals surface area (Å²) in [5.41, 5.74) is 2.78. The quantitative estimate of drug-likeness (QED) is 0.678. The lowest BCUT2D eigenvalue weighted by Crippen LogP contribution is -2.06. The Labute approximate surface area is 132 Å². The molecule has 6 heteroatoms. The Kier molecular flexibility index (Phi) is 3.91. The van der Waals surface area contributed by atoms with Gasteiger partial charge < -0.3 is 8.98 Å². The molecule has 3 aromatic rings. The van der Waals surface area contributed by atoms with E-state index in [9.17, 15) is 0 Å². The van der Waals surface area contributed by atoms with E-state index in [1.165, 1.54) is 0 Å². The molecule has 0 aliphatic rings. The molecule has 1 aromatic carbocycles. The van der Waals surface area contributed by atoms with Gasteiger partial charge in [-0.1, -0.05) is 11.6 Å². The van der Waals surface area contributed by atoms with E-state index >= 15 is 0 Å². The average molecular weight is 324 g/mol. The summed E-state index contributed by atoms with van der Waals surface area (Å²) in [5, 5.41) is 0.674. The Hall–Kier alpha value is -1.52. The van der Waals surface area contributed by atoms with E-state index in [1.807, 2.05) is 32.0 Å². The first-order valence-corrected chi connectivity index (χ1v) is 7.63. The lowest BCUT2D eigenvalue weighted by molar-refractivity contribution is 0.456. The molecule has 0 spiro atoms. The second-order valence-electron chi connectivity index (χ2n) is 4.94. The molecular formula is C15H15Cl2N3O. The van der Waals surface area contributed by atoms with Gasteiger partial charge in [-0.15, -0.1) is 11.6 Å². The predicted octanol–water partition coefficient (Wildman–Crippen LogP) is 4.12. The molecule has 0 saturated heterocycles. The third-order valence-corrected chi connectivity index (χ3v) is 3.90. The minimum Gasteiger partial charge on any atom is -0.444 e. The number of fused-ring (bicyclic) bond motifs is 1. The highest BCUT2D eigenvalue weighted by molar-refractivity contribution is 6.31. The zero-order valence-corrected chi connectivity index (χ0v) is 13.4. The standard InChI is InChI=1S/C15H15Cl2N3O/c1-9-10(2)21-15(18-9)8-20-13-4-3-11(17)7-12(13)19-14(20)5-6-16/h3-4,7H,5-6,8H2,1-2H3. The van der Waals surface area contributed by atoms with Gasteiger partial charge in [0.2, 0.25) is 5.89 Å². The van der Waals surface area contributed by atoms with Crippen LogP contribution in [-0.4, -0.2) is 20.4 Å². The lowest BCUT2D eigenvalue weighted by Gasteiger charge is -2.05. The monoisotopic (exact) mass is 323 g/mol. The fraction of sp³-hybridized carbons (Fsp3) is 0.333. The summed E-state index contributed by atoms with van der Waals surface area (Å²) in [5.74, 6) is 2.95. The molecule has 0 atom stereocenters. The number of hydrogen-bond acceptors (Lipinski definition) is 3. The molecule has 110 valence electrons. The Morgan fingerprint density at radius 1 is 1.24 bits per heavy atom. The SMILES string of the molecule is Cc1nc(Cn2c(CCCl)nc3cc(Cl)ccc32)oc1C. The number of imidazole rings is 1. The Morgan fingerprint density at radius 2 is 2.05 bits per heavy atom. The summed E-state index contributed by atoms with van der Waals surface area (Å²) in [6, 6.07) is 5.68. The maximum atomic E-state index is 6.04. The summed E-state index contributed by atoms with van der Waals surface area (Å²) in [6.45, 7) is 4.39. The van der Waals surface area contributed by atoms with Gasteiger partial charge in [-0.05, 0) is 32.0 Å². The van der Waals surface area contributed by atoms with Crippen LogP contribution in [0.2, 0.25) is 5.02 Å². The van der Waals surface area contributed by atoms with Crippen LogP contribution in [0.4, 0.5) is 0 Å². The van der Waals surface area contributed by atoms with Crippen LogP contribution >= 0.6 is 23.2 Å². The zero-order valence-electron chi connectivity index (χ0n) is 11.9. The van der Waals surface area contributed by atoms with Gasteiger partial charge in [0.05, 0.1) is 16.7 Å². The number of benzene rings is 1. The van der Waals surface area contributed by atoms with Crippen LogP contribution in [0.15, 0.2) is 22.6 Å². The Morgan fingerprint density at radius 3 is 2.71 bits per heavy atom. The van der Waals surface area contributed by atoms with Crippen molar-refractivity contribution in [2.24, 2.45) is 0 Å². The first-order chi connectivity index (χ1) is 10.1. The van der Waals surface area contributed by atoms with Crippen molar-refractivity contribution in [1.82, 2.24) is 14.5 Å². The molecule has 21 heavy (non-hydrogen) atoms. The van der Waals surface area contributed by atoms with E-state index < -0.39 is 0 Å². The second kappa shape index (κ2) is 5.70. The van der Waals surface area contributed by atoms with Gasteiger partial charge in [-0.25, -0.2) is 9.97 Å². The first kappa shape index (κ1) is 14.4. The van der Waals surface area contributed by atoms with Crippen molar-refractivity contribution in [3.63, 3.8) is 0 Å². The third kappa shape index (κ3) is 2.78. The highest BCUT2D eigenvalue weighted by Crippen LogP contribution is 2.22. The number of halogens is 2. The number of alkyl halides is 1. The number of hydrogen-bond donors (Lipinski definition) is 0. The molecule has 2 heterocycles. The average Bonchev–Trinajstić information content (AvgIpc) is 2.92. The molecule has 0 fully saturated rings. The van der Waals surface area contributed by atoms with Crippen molar-refractivity contribution in [3.05, 3.63) is 46.4 Å². The molecule has 4 nitrogen and oxygen atoms in total. The maximum Gasteiger partial charge on any atom is 0.214 e. The van der Waals surface area contributed by atoms with Gasteiger partial charge in [0.1, 0.15) is 18.1 Å². The molecular weight excluding hydrogens is 309 g/mol. The smallest absolute Gasteiger partial charge is 0.214 e. The fourth-order valence-corrected chi connectivity index (χ4v) is 2.68. The summed E-state index contributed by atoms with van der Waals surface area (Å²) >= 11 is 11.9.